The van der Waals surface area contributed by atoms with Crippen molar-refractivity contribution in [3.05, 3.63) is 83.7 Å². The van der Waals surface area contributed by atoms with Crippen molar-refractivity contribution in [2.45, 2.75) is 31.3 Å². The molecule has 196 valence electrons. The molecule has 3 aromatic carbocycles. The molecular formula is C28H31FN2O5S. The molecule has 1 N–H and O–H groups in total. The van der Waals surface area contributed by atoms with Gasteiger partial charge in [0.1, 0.15) is 16.5 Å². The topological polar surface area (TPSA) is 87.2 Å². The molecule has 7 nitrogen and oxygen atoms in total. The van der Waals surface area contributed by atoms with E-state index in [0.717, 1.165) is 0 Å². The first-order chi connectivity index (χ1) is 17.8. The van der Waals surface area contributed by atoms with Crippen LogP contribution in [0.2, 0.25) is 0 Å². The summed E-state index contributed by atoms with van der Waals surface area (Å²) in [5.74, 6) is -0.215. The lowest BCUT2D eigenvalue weighted by atomic mass is 9.88. The van der Waals surface area contributed by atoms with Crippen LogP contribution in [0.5, 0.6) is 5.75 Å². The van der Waals surface area contributed by atoms with Gasteiger partial charge in [-0.3, -0.25) is 9.10 Å². The Hall–Kier alpha value is -3.43. The number of Topliss-reactive ketones (excluding diaryl/α,β-unsaturated/α-hetero) is 1. The molecule has 9 heteroatoms. The Morgan fingerprint density at radius 1 is 1.08 bits per heavy atom. The van der Waals surface area contributed by atoms with Crippen LogP contribution in [-0.4, -0.2) is 46.1 Å². The molecule has 1 aliphatic rings. The van der Waals surface area contributed by atoms with Crippen LogP contribution >= 0.6 is 0 Å². The van der Waals surface area contributed by atoms with Crippen LogP contribution in [0.1, 0.15) is 35.7 Å². The monoisotopic (exact) mass is 526 g/mol. The highest BCUT2D eigenvalue weighted by atomic mass is 32.2. The van der Waals surface area contributed by atoms with Crippen LogP contribution in [0.25, 0.3) is 0 Å². The van der Waals surface area contributed by atoms with Crippen molar-refractivity contribution >= 4 is 27.2 Å². The number of ether oxygens (including phenoxy) is 1. The number of benzene rings is 3. The molecular weight excluding hydrogens is 495 g/mol. The smallest absolute Gasteiger partial charge is 0.266 e. The van der Waals surface area contributed by atoms with Gasteiger partial charge in [-0.25, -0.2) is 12.8 Å². The van der Waals surface area contributed by atoms with Crippen molar-refractivity contribution in [3.63, 3.8) is 0 Å². The molecule has 37 heavy (non-hydrogen) atoms. The average Bonchev–Trinajstić information content (AvgIpc) is 2.93. The van der Waals surface area contributed by atoms with Crippen LogP contribution in [0.3, 0.4) is 0 Å². The number of para-hydroxylation sites is 2. The number of carbonyl (C=O) groups excluding carboxylic acids is 1. The molecule has 0 bridgehead atoms. The van der Waals surface area contributed by atoms with Crippen molar-refractivity contribution in [2.75, 3.05) is 35.9 Å². The summed E-state index contributed by atoms with van der Waals surface area (Å²) in [5.41, 5.74) is 2.00. The summed E-state index contributed by atoms with van der Waals surface area (Å²) < 4.78 is 47.9. The summed E-state index contributed by atoms with van der Waals surface area (Å²) in [6.07, 6.45) is 1.06. The van der Waals surface area contributed by atoms with E-state index >= 15 is 0 Å². The van der Waals surface area contributed by atoms with Crippen LogP contribution in [0, 0.1) is 11.7 Å². The van der Waals surface area contributed by atoms with E-state index in [0.29, 0.717) is 54.2 Å². The van der Waals surface area contributed by atoms with E-state index in [1.165, 1.54) is 41.7 Å². The number of hydrogen-bond acceptors (Lipinski definition) is 6. The van der Waals surface area contributed by atoms with Crippen LogP contribution < -0.4 is 13.9 Å². The molecule has 0 atom stereocenters. The molecule has 1 saturated heterocycles. The second-order valence-corrected chi connectivity index (χ2v) is 10.8. The summed E-state index contributed by atoms with van der Waals surface area (Å²) in [7, 11) is -2.49. The minimum Gasteiger partial charge on any atom is -0.495 e. The minimum atomic E-state index is -3.99. The Balaban J connectivity index is 1.64. The highest BCUT2D eigenvalue weighted by Gasteiger charge is 2.32. The molecule has 0 saturated carbocycles. The predicted octanol–water partition coefficient (Wildman–Crippen LogP) is 4.64. The number of aliphatic hydroxyl groups excluding tert-OH is 1. The zero-order valence-corrected chi connectivity index (χ0v) is 21.7. The van der Waals surface area contributed by atoms with Gasteiger partial charge in [0.15, 0.2) is 5.78 Å². The lowest BCUT2D eigenvalue weighted by Gasteiger charge is -2.35. The maximum Gasteiger partial charge on any atom is 0.266 e. The minimum absolute atomic E-state index is 0.0371. The predicted molar refractivity (Wildman–Crippen MR) is 141 cm³/mol. The Morgan fingerprint density at radius 2 is 1.76 bits per heavy atom. The quantitative estimate of drug-likeness (QED) is 0.409. The number of ketones is 1. The molecule has 4 rings (SSSR count). The molecule has 0 spiro atoms. The maximum atomic E-state index is 14.0. The lowest BCUT2D eigenvalue weighted by Crippen LogP contribution is -2.38. The van der Waals surface area contributed by atoms with Gasteiger partial charge in [-0.1, -0.05) is 18.2 Å². The molecule has 1 heterocycles. The summed E-state index contributed by atoms with van der Waals surface area (Å²) in [4.78, 5) is 15.0. The average molecular weight is 527 g/mol. The lowest BCUT2D eigenvalue weighted by molar-refractivity contribution is 0.0900. The first-order valence-corrected chi connectivity index (χ1v) is 13.7. The number of carbonyl (C=O) groups is 1. The van der Waals surface area contributed by atoms with E-state index in [1.54, 1.807) is 43.3 Å². The van der Waals surface area contributed by atoms with Gasteiger partial charge in [-0.15, -0.1) is 0 Å². The van der Waals surface area contributed by atoms with Crippen LogP contribution in [0.15, 0.2) is 71.6 Å². The first kappa shape index (κ1) is 26.6. The Morgan fingerprint density at radius 3 is 2.38 bits per heavy atom. The number of aliphatic hydroxyl groups is 1. The molecule has 3 aromatic rings. The van der Waals surface area contributed by atoms with Gasteiger partial charge in [0, 0.05) is 31.1 Å². The largest absolute Gasteiger partial charge is 0.495 e. The second-order valence-electron chi connectivity index (χ2n) is 8.93. The third kappa shape index (κ3) is 5.47. The number of piperidine rings is 1. The first-order valence-electron chi connectivity index (χ1n) is 12.2. The van der Waals surface area contributed by atoms with E-state index in [2.05, 4.69) is 0 Å². The summed E-state index contributed by atoms with van der Waals surface area (Å²) in [6, 6.07) is 17.3. The Bertz CT molecular complexity index is 1350. The van der Waals surface area contributed by atoms with Crippen molar-refractivity contribution in [1.29, 1.82) is 0 Å². The zero-order chi connectivity index (χ0) is 26.6. The van der Waals surface area contributed by atoms with Crippen LogP contribution in [-0.2, 0) is 16.6 Å². The molecule has 0 amide bonds. The van der Waals surface area contributed by atoms with Crippen molar-refractivity contribution in [1.82, 2.24) is 0 Å². The fraction of sp³-hybridized carbons (Fsp3) is 0.321. The molecule has 0 unspecified atom stereocenters. The van der Waals surface area contributed by atoms with Crippen LogP contribution in [0.4, 0.5) is 15.8 Å². The highest BCUT2D eigenvalue weighted by Crippen LogP contribution is 2.37. The van der Waals surface area contributed by atoms with E-state index in [1.807, 2.05) is 4.90 Å². The number of halogens is 1. The van der Waals surface area contributed by atoms with Crippen molar-refractivity contribution in [3.8, 4) is 5.75 Å². The van der Waals surface area contributed by atoms with Gasteiger partial charge < -0.3 is 14.7 Å². The van der Waals surface area contributed by atoms with Gasteiger partial charge in [-0.05, 0) is 73.9 Å². The summed E-state index contributed by atoms with van der Waals surface area (Å²) >= 11 is 0. The number of hydrogen-bond donors (Lipinski definition) is 1. The molecule has 0 radical (unpaired) electrons. The number of nitrogens with zero attached hydrogens (tertiary/aromatic N) is 2. The normalized spacial score (nSPS) is 14.4. The summed E-state index contributed by atoms with van der Waals surface area (Å²) in [6.45, 7) is 2.67. The fourth-order valence-electron chi connectivity index (χ4n) is 4.78. The van der Waals surface area contributed by atoms with Gasteiger partial charge >= 0.3 is 0 Å². The maximum absolute atomic E-state index is 14.0. The van der Waals surface area contributed by atoms with Gasteiger partial charge in [-0.2, -0.15) is 0 Å². The molecule has 1 fully saturated rings. The number of sulfonamides is 1. The van der Waals surface area contributed by atoms with E-state index in [9.17, 15) is 22.7 Å². The SMILES string of the molecule is CCN(c1ccccc1OC)S(=O)(=O)c1ccc(CO)cc1N1CCC(C(=O)c2ccc(F)cc2)CC1. The summed E-state index contributed by atoms with van der Waals surface area (Å²) in [5, 5.41) is 9.75. The molecule has 0 aliphatic carbocycles. The van der Waals surface area contributed by atoms with Gasteiger partial charge in [0.05, 0.1) is 25.1 Å². The third-order valence-electron chi connectivity index (χ3n) is 6.75. The highest BCUT2D eigenvalue weighted by molar-refractivity contribution is 7.93. The second kappa shape index (κ2) is 11.3. The Kier molecular flexibility index (Phi) is 8.14. The fourth-order valence-corrected chi connectivity index (χ4v) is 6.46. The zero-order valence-electron chi connectivity index (χ0n) is 20.9. The van der Waals surface area contributed by atoms with Gasteiger partial charge in [0.25, 0.3) is 10.0 Å². The van der Waals surface area contributed by atoms with Crippen molar-refractivity contribution < 1.29 is 27.4 Å². The van der Waals surface area contributed by atoms with Crippen molar-refractivity contribution in [2.24, 2.45) is 5.92 Å². The van der Waals surface area contributed by atoms with E-state index < -0.39 is 15.8 Å². The number of methoxy groups -OCH3 is 1. The van der Waals surface area contributed by atoms with E-state index in [-0.39, 0.29) is 29.7 Å². The number of anilines is 2. The van der Waals surface area contributed by atoms with Gasteiger partial charge in [0.2, 0.25) is 0 Å². The Labute approximate surface area is 217 Å². The molecule has 1 aliphatic heterocycles. The molecule has 0 aromatic heterocycles. The number of rotatable bonds is 9. The standard InChI is InChI=1S/C28H31FN2O5S/c1-3-31(24-6-4-5-7-26(24)36-2)37(34,35)27-13-8-20(19-32)18-25(27)30-16-14-22(15-17-30)28(33)21-9-11-23(29)12-10-21/h4-13,18,22,32H,3,14-17,19H2,1-2H3. The van der Waals surface area contributed by atoms with E-state index in [4.69, 9.17) is 4.74 Å². The third-order valence-corrected chi connectivity index (χ3v) is 8.69.